The first kappa shape index (κ1) is 21.5. The van der Waals surface area contributed by atoms with E-state index in [1.807, 2.05) is 20.8 Å². The van der Waals surface area contributed by atoms with Gasteiger partial charge in [-0.15, -0.1) is 0 Å². The van der Waals surface area contributed by atoms with Gasteiger partial charge in [-0.2, -0.15) is 18.3 Å². The maximum absolute atomic E-state index is 12.9. The van der Waals surface area contributed by atoms with Crippen LogP contribution in [0.15, 0.2) is 30.6 Å². The summed E-state index contributed by atoms with van der Waals surface area (Å²) in [4.78, 5) is 21.2. The Bertz CT molecular complexity index is 1130. The monoisotopic (exact) mass is 487 g/mol. The summed E-state index contributed by atoms with van der Waals surface area (Å²) in [5.41, 5.74) is -0.302. The standard InChI is InChI=1S/C25H28F3N5O2/c26-25(27,28)17-3-5-19(6-4-17)35-20-9-24(10-20)13-32(14-24)22(34)31-11-23(12-31)7-18(8-23)33-15-29-21(30-33)16-1-2-16/h3-6,15-16,18,20H,1-2,7-14H2. The Hall–Kier alpha value is -2.78. The topological polar surface area (TPSA) is 63.5 Å². The Morgan fingerprint density at radius 3 is 2.11 bits per heavy atom. The van der Waals surface area contributed by atoms with E-state index >= 15 is 0 Å². The maximum atomic E-state index is 12.9. The van der Waals surface area contributed by atoms with Crippen LogP contribution in [0.4, 0.5) is 18.0 Å². The number of hydrogen-bond acceptors (Lipinski definition) is 4. The molecule has 5 aliphatic rings. The van der Waals surface area contributed by atoms with Crippen molar-refractivity contribution in [3.05, 3.63) is 42.0 Å². The molecule has 3 heterocycles. The van der Waals surface area contributed by atoms with Crippen LogP contribution in [0.25, 0.3) is 0 Å². The molecule has 35 heavy (non-hydrogen) atoms. The van der Waals surface area contributed by atoms with Crippen LogP contribution >= 0.6 is 0 Å². The molecule has 3 aliphatic carbocycles. The highest BCUT2D eigenvalue weighted by Crippen LogP contribution is 2.55. The minimum atomic E-state index is -4.34. The van der Waals surface area contributed by atoms with E-state index in [1.165, 1.54) is 25.0 Å². The van der Waals surface area contributed by atoms with Gasteiger partial charge in [-0.05, 0) is 62.8 Å². The summed E-state index contributed by atoms with van der Waals surface area (Å²) in [5, 5.41) is 4.66. The van der Waals surface area contributed by atoms with Gasteiger partial charge >= 0.3 is 12.2 Å². The zero-order chi connectivity index (χ0) is 24.0. The van der Waals surface area contributed by atoms with E-state index in [2.05, 4.69) is 10.1 Å². The lowest BCUT2D eigenvalue weighted by molar-refractivity contribution is -0.137. The quantitative estimate of drug-likeness (QED) is 0.638. The van der Waals surface area contributed by atoms with Gasteiger partial charge in [0.1, 0.15) is 18.2 Å². The molecule has 0 unspecified atom stereocenters. The van der Waals surface area contributed by atoms with Crippen molar-refractivity contribution in [3.63, 3.8) is 0 Å². The molecule has 186 valence electrons. The third kappa shape index (κ3) is 3.67. The van der Waals surface area contributed by atoms with E-state index in [4.69, 9.17) is 4.74 Å². The number of amides is 2. The number of hydrogen-bond donors (Lipinski definition) is 0. The maximum Gasteiger partial charge on any atom is 0.416 e. The Balaban J connectivity index is 0.840. The fraction of sp³-hybridized carbons (Fsp3) is 0.640. The number of ether oxygens (including phenoxy) is 1. The number of aromatic nitrogens is 3. The van der Waals surface area contributed by atoms with Crippen LogP contribution in [-0.4, -0.2) is 62.9 Å². The van der Waals surface area contributed by atoms with E-state index in [0.29, 0.717) is 17.7 Å². The lowest BCUT2D eigenvalue weighted by atomic mass is 9.60. The number of likely N-dealkylation sites (tertiary alicyclic amines) is 2. The minimum Gasteiger partial charge on any atom is -0.490 e. The number of rotatable bonds is 4. The van der Waals surface area contributed by atoms with Gasteiger partial charge in [0, 0.05) is 42.9 Å². The predicted octanol–water partition coefficient (Wildman–Crippen LogP) is 4.47. The third-order valence-electron chi connectivity index (χ3n) is 8.63. The van der Waals surface area contributed by atoms with Gasteiger partial charge in [-0.1, -0.05) is 0 Å². The second kappa shape index (κ2) is 7.13. The van der Waals surface area contributed by atoms with Crippen LogP contribution in [0.5, 0.6) is 5.75 Å². The molecule has 7 nitrogen and oxygen atoms in total. The van der Waals surface area contributed by atoms with Crippen molar-refractivity contribution in [2.75, 3.05) is 26.2 Å². The van der Waals surface area contributed by atoms with Gasteiger partial charge in [0.25, 0.3) is 0 Å². The molecule has 10 heteroatoms. The number of carbonyl (C=O) groups excluding carboxylic acids is 1. The molecular formula is C25H28F3N5O2. The van der Waals surface area contributed by atoms with Crippen molar-refractivity contribution in [1.82, 2.24) is 24.6 Å². The molecule has 5 fully saturated rings. The first-order valence-corrected chi connectivity index (χ1v) is 12.5. The molecule has 1 aromatic carbocycles. The van der Waals surface area contributed by atoms with E-state index in [1.54, 1.807) is 0 Å². The summed E-state index contributed by atoms with van der Waals surface area (Å²) in [6.07, 6.45) is 3.76. The summed E-state index contributed by atoms with van der Waals surface area (Å²) in [7, 11) is 0. The van der Waals surface area contributed by atoms with Gasteiger partial charge in [0.05, 0.1) is 11.6 Å². The minimum absolute atomic E-state index is 0.000364. The Morgan fingerprint density at radius 2 is 1.54 bits per heavy atom. The normalized spacial score (nSPS) is 25.1. The molecule has 2 aliphatic heterocycles. The van der Waals surface area contributed by atoms with Gasteiger partial charge in [-0.3, -0.25) is 0 Å². The van der Waals surface area contributed by atoms with Gasteiger partial charge in [0.15, 0.2) is 5.82 Å². The molecule has 0 atom stereocenters. The molecule has 3 saturated carbocycles. The van der Waals surface area contributed by atoms with Crippen molar-refractivity contribution in [2.45, 2.75) is 62.8 Å². The first-order valence-electron chi connectivity index (χ1n) is 12.5. The zero-order valence-electron chi connectivity index (χ0n) is 19.4. The van der Waals surface area contributed by atoms with Gasteiger partial charge in [-0.25, -0.2) is 14.5 Å². The molecule has 2 saturated heterocycles. The fourth-order valence-corrected chi connectivity index (χ4v) is 6.54. The van der Waals surface area contributed by atoms with Crippen molar-refractivity contribution in [3.8, 4) is 5.75 Å². The van der Waals surface area contributed by atoms with Crippen LogP contribution in [0.3, 0.4) is 0 Å². The second-order valence-corrected chi connectivity index (χ2v) is 11.6. The number of alkyl halides is 3. The number of halogens is 3. The van der Waals surface area contributed by atoms with Crippen LogP contribution < -0.4 is 4.74 Å². The second-order valence-electron chi connectivity index (χ2n) is 11.6. The number of carbonyl (C=O) groups is 1. The third-order valence-corrected chi connectivity index (χ3v) is 8.63. The predicted molar refractivity (Wildman–Crippen MR) is 119 cm³/mol. The Labute approximate surface area is 201 Å². The number of benzene rings is 1. The highest BCUT2D eigenvalue weighted by molar-refractivity contribution is 5.77. The van der Waals surface area contributed by atoms with Gasteiger partial charge in [0.2, 0.25) is 0 Å². The number of urea groups is 1. The first-order chi connectivity index (χ1) is 16.7. The average molecular weight is 488 g/mol. The van der Waals surface area contributed by atoms with Crippen LogP contribution in [0.1, 0.15) is 61.9 Å². The molecule has 0 N–H and O–H groups in total. The SMILES string of the molecule is O=C(N1CC2(CC(Oc3ccc(C(F)(F)F)cc3)C2)C1)N1CC2(CC(n3cnc(C4CC4)n3)C2)C1. The largest absolute Gasteiger partial charge is 0.490 e. The summed E-state index contributed by atoms with van der Waals surface area (Å²) in [6.45, 7) is 3.15. The van der Waals surface area contributed by atoms with Crippen LogP contribution in [-0.2, 0) is 6.18 Å². The smallest absolute Gasteiger partial charge is 0.416 e. The molecule has 7 rings (SSSR count). The summed E-state index contributed by atoms with van der Waals surface area (Å²) < 4.78 is 46.0. The fourth-order valence-electron chi connectivity index (χ4n) is 6.54. The van der Waals surface area contributed by atoms with E-state index < -0.39 is 11.7 Å². The number of nitrogens with zero attached hydrogens (tertiary/aromatic N) is 5. The van der Waals surface area contributed by atoms with E-state index in [9.17, 15) is 18.0 Å². The van der Waals surface area contributed by atoms with Crippen molar-refractivity contribution < 1.29 is 22.7 Å². The Kier molecular flexibility index (Phi) is 4.38. The van der Waals surface area contributed by atoms with Crippen molar-refractivity contribution >= 4 is 6.03 Å². The molecule has 2 amide bonds. The van der Waals surface area contributed by atoms with Gasteiger partial charge < -0.3 is 14.5 Å². The molecule has 2 spiro atoms. The highest BCUT2D eigenvalue weighted by Gasteiger charge is 2.59. The van der Waals surface area contributed by atoms with Crippen LogP contribution in [0.2, 0.25) is 0 Å². The lowest BCUT2D eigenvalue weighted by Crippen LogP contribution is -2.71. The summed E-state index contributed by atoms with van der Waals surface area (Å²) in [5.74, 6) is 2.03. The highest BCUT2D eigenvalue weighted by atomic mass is 19.4. The average Bonchev–Trinajstić information content (AvgIpc) is 3.44. The lowest BCUT2D eigenvalue weighted by Gasteiger charge is -2.63. The molecule has 0 bridgehead atoms. The summed E-state index contributed by atoms with van der Waals surface area (Å²) >= 11 is 0. The van der Waals surface area contributed by atoms with Crippen molar-refractivity contribution in [1.29, 1.82) is 0 Å². The molecular weight excluding hydrogens is 459 g/mol. The molecule has 2 aromatic rings. The Morgan fingerprint density at radius 1 is 0.943 bits per heavy atom. The molecule has 0 radical (unpaired) electrons. The molecule has 1 aromatic heterocycles. The zero-order valence-corrected chi connectivity index (χ0v) is 19.4. The van der Waals surface area contributed by atoms with Crippen LogP contribution in [0, 0.1) is 10.8 Å². The van der Waals surface area contributed by atoms with E-state index in [-0.39, 0.29) is 23.0 Å². The van der Waals surface area contributed by atoms with E-state index in [0.717, 1.165) is 69.8 Å². The summed E-state index contributed by atoms with van der Waals surface area (Å²) in [6, 6.07) is 5.41. The van der Waals surface area contributed by atoms with Crippen molar-refractivity contribution in [2.24, 2.45) is 10.8 Å².